The third-order valence-corrected chi connectivity index (χ3v) is 6.62. The predicted octanol–water partition coefficient (Wildman–Crippen LogP) is 5.26. The van der Waals surface area contributed by atoms with Gasteiger partial charge in [0.2, 0.25) is 0 Å². The van der Waals surface area contributed by atoms with Gasteiger partial charge in [-0.2, -0.15) is 5.26 Å². The molecular formula is C29H35N3O2. The molecule has 5 heteroatoms. The maximum atomic E-state index is 9.73. The maximum absolute atomic E-state index is 9.73. The fourth-order valence-electron chi connectivity index (χ4n) is 4.24. The van der Waals surface area contributed by atoms with Gasteiger partial charge < -0.3 is 9.47 Å². The van der Waals surface area contributed by atoms with E-state index >= 15 is 0 Å². The summed E-state index contributed by atoms with van der Waals surface area (Å²) in [6, 6.07) is 16.8. The van der Waals surface area contributed by atoms with Crippen LogP contribution in [0, 0.1) is 18.3 Å². The van der Waals surface area contributed by atoms with Crippen molar-refractivity contribution in [2.75, 3.05) is 39.4 Å². The van der Waals surface area contributed by atoms with Gasteiger partial charge in [-0.3, -0.25) is 9.80 Å². The van der Waals surface area contributed by atoms with Crippen LogP contribution < -0.4 is 9.47 Å². The molecule has 2 saturated heterocycles. The van der Waals surface area contributed by atoms with Crippen LogP contribution >= 0.6 is 0 Å². The van der Waals surface area contributed by atoms with E-state index in [0.717, 1.165) is 35.7 Å². The first-order valence-corrected chi connectivity index (χ1v) is 12.2. The summed E-state index contributed by atoms with van der Waals surface area (Å²) in [5.41, 5.74) is 5.78. The number of rotatable bonds is 11. The van der Waals surface area contributed by atoms with Crippen LogP contribution in [-0.4, -0.2) is 49.2 Å². The highest BCUT2D eigenvalue weighted by molar-refractivity contribution is 5.45. The number of nitriles is 1. The lowest BCUT2D eigenvalue weighted by Gasteiger charge is -2.30. The van der Waals surface area contributed by atoms with E-state index in [9.17, 15) is 5.26 Å². The lowest BCUT2D eigenvalue weighted by Crippen LogP contribution is -2.36. The first-order valence-electron chi connectivity index (χ1n) is 12.2. The van der Waals surface area contributed by atoms with Gasteiger partial charge in [0.1, 0.15) is 24.7 Å². The third kappa shape index (κ3) is 6.28. The van der Waals surface area contributed by atoms with Gasteiger partial charge in [0.05, 0.1) is 11.6 Å². The van der Waals surface area contributed by atoms with Crippen LogP contribution in [0.3, 0.4) is 0 Å². The normalized spacial score (nSPS) is 16.6. The molecule has 2 aliphatic rings. The van der Waals surface area contributed by atoms with E-state index in [1.807, 2.05) is 25.1 Å². The number of ether oxygens (including phenoxy) is 2. The van der Waals surface area contributed by atoms with E-state index in [2.05, 4.69) is 53.6 Å². The van der Waals surface area contributed by atoms with Crippen LogP contribution in [0.5, 0.6) is 11.5 Å². The minimum absolute atomic E-state index is 0.274. The van der Waals surface area contributed by atoms with Gasteiger partial charge >= 0.3 is 0 Å². The Morgan fingerprint density at radius 2 is 1.53 bits per heavy atom. The Hall–Kier alpha value is -3.07. The zero-order valence-electron chi connectivity index (χ0n) is 20.5. The van der Waals surface area contributed by atoms with Crippen molar-refractivity contribution in [3.63, 3.8) is 0 Å². The second-order valence-corrected chi connectivity index (χ2v) is 9.45. The molecular weight excluding hydrogens is 422 g/mol. The minimum Gasteiger partial charge on any atom is -0.489 e. The first kappa shape index (κ1) is 24.1. The summed E-state index contributed by atoms with van der Waals surface area (Å²) in [7, 11) is 0. The largest absolute Gasteiger partial charge is 0.489 e. The van der Waals surface area contributed by atoms with Crippen molar-refractivity contribution < 1.29 is 9.47 Å². The van der Waals surface area contributed by atoms with Gasteiger partial charge in [0.25, 0.3) is 0 Å². The topological polar surface area (TPSA) is 48.7 Å². The third-order valence-electron chi connectivity index (χ3n) is 6.62. The summed E-state index contributed by atoms with van der Waals surface area (Å²) < 4.78 is 11.9. The molecule has 4 rings (SSSR count). The number of likely N-dealkylation sites (tertiary alicyclic amines) is 2. The molecule has 0 atom stereocenters. The molecule has 0 aliphatic carbocycles. The van der Waals surface area contributed by atoms with Gasteiger partial charge in [0.15, 0.2) is 0 Å². The quantitative estimate of drug-likeness (QED) is 0.340. The van der Waals surface area contributed by atoms with E-state index in [-0.39, 0.29) is 6.61 Å². The Balaban J connectivity index is 1.28. The SMILES string of the molecule is C=C(COc1ccc(CN2CCC2)cc1)/C(C#N)=C(\C)COc1ccc(CN2CCC2)cc1C. The van der Waals surface area contributed by atoms with Crippen LogP contribution in [0.4, 0.5) is 0 Å². The van der Waals surface area contributed by atoms with Crippen LogP contribution in [0.15, 0.2) is 65.8 Å². The summed E-state index contributed by atoms with van der Waals surface area (Å²) in [5, 5.41) is 9.73. The monoisotopic (exact) mass is 457 g/mol. The molecule has 5 nitrogen and oxygen atoms in total. The second-order valence-electron chi connectivity index (χ2n) is 9.45. The molecule has 2 aliphatic heterocycles. The molecule has 0 N–H and O–H groups in total. The summed E-state index contributed by atoms with van der Waals surface area (Å²) >= 11 is 0. The number of aryl methyl sites for hydroxylation is 1. The smallest absolute Gasteiger partial charge is 0.122 e. The molecule has 0 spiro atoms. The molecule has 2 aromatic carbocycles. The Morgan fingerprint density at radius 3 is 2.09 bits per heavy atom. The maximum Gasteiger partial charge on any atom is 0.122 e. The minimum atomic E-state index is 0.274. The summed E-state index contributed by atoms with van der Waals surface area (Å²) in [6.45, 7) is 15.5. The number of benzene rings is 2. The number of nitrogens with zero attached hydrogens (tertiary/aromatic N) is 3. The number of hydrogen-bond acceptors (Lipinski definition) is 5. The first-order chi connectivity index (χ1) is 16.5. The molecule has 178 valence electrons. The summed E-state index contributed by atoms with van der Waals surface area (Å²) in [6.07, 6.45) is 2.60. The zero-order chi connectivity index (χ0) is 23.9. The fraction of sp³-hybridized carbons (Fsp3) is 0.414. The molecule has 0 radical (unpaired) electrons. The van der Waals surface area contributed by atoms with Crippen LogP contribution in [0.1, 0.15) is 36.5 Å². The van der Waals surface area contributed by atoms with Crippen molar-refractivity contribution in [2.24, 2.45) is 0 Å². The van der Waals surface area contributed by atoms with Crippen LogP contribution in [0.25, 0.3) is 0 Å². The predicted molar refractivity (Wildman–Crippen MR) is 136 cm³/mol. The highest BCUT2D eigenvalue weighted by Gasteiger charge is 2.15. The van der Waals surface area contributed by atoms with Crippen molar-refractivity contribution in [3.8, 4) is 17.6 Å². The number of hydrogen-bond donors (Lipinski definition) is 0. The lowest BCUT2D eigenvalue weighted by atomic mass is 10.0. The standard InChI is InChI=1S/C29H35N3O2/c1-22-16-26(19-32-14-5-15-32)8-11-29(22)34-21-24(3)28(17-30)23(2)20-33-27-9-6-25(7-10-27)18-31-12-4-13-31/h6-11,16H,2,4-5,12-15,18-21H2,1,3H3/b28-24+. The van der Waals surface area contributed by atoms with Gasteiger partial charge in [0, 0.05) is 13.1 Å². The van der Waals surface area contributed by atoms with Crippen molar-refractivity contribution in [3.05, 3.63) is 82.5 Å². The Morgan fingerprint density at radius 1 is 0.912 bits per heavy atom. The average Bonchev–Trinajstić information content (AvgIpc) is 2.78. The molecule has 0 saturated carbocycles. The van der Waals surface area contributed by atoms with E-state index in [1.54, 1.807) is 0 Å². The van der Waals surface area contributed by atoms with Crippen molar-refractivity contribution in [1.29, 1.82) is 5.26 Å². The van der Waals surface area contributed by atoms with Crippen LogP contribution in [-0.2, 0) is 13.1 Å². The van der Waals surface area contributed by atoms with Gasteiger partial charge in [-0.1, -0.05) is 30.8 Å². The molecule has 34 heavy (non-hydrogen) atoms. The van der Waals surface area contributed by atoms with E-state index in [0.29, 0.717) is 17.8 Å². The van der Waals surface area contributed by atoms with Gasteiger partial charge in [-0.15, -0.1) is 0 Å². The van der Waals surface area contributed by atoms with Gasteiger partial charge in [-0.25, -0.2) is 0 Å². The van der Waals surface area contributed by atoms with Crippen LogP contribution in [0.2, 0.25) is 0 Å². The molecule has 0 amide bonds. The van der Waals surface area contributed by atoms with E-state index < -0.39 is 0 Å². The van der Waals surface area contributed by atoms with E-state index in [4.69, 9.17) is 9.47 Å². The average molecular weight is 458 g/mol. The Kier molecular flexibility index (Phi) is 8.05. The van der Waals surface area contributed by atoms with Crippen molar-refractivity contribution in [2.45, 2.75) is 39.8 Å². The Labute approximate surface area is 203 Å². The van der Waals surface area contributed by atoms with Crippen molar-refractivity contribution in [1.82, 2.24) is 9.80 Å². The second kappa shape index (κ2) is 11.4. The molecule has 0 unspecified atom stereocenters. The zero-order valence-corrected chi connectivity index (χ0v) is 20.5. The molecule has 0 aromatic heterocycles. The lowest BCUT2D eigenvalue weighted by molar-refractivity contribution is 0.172. The highest BCUT2D eigenvalue weighted by Crippen LogP contribution is 2.23. The molecule has 2 fully saturated rings. The van der Waals surface area contributed by atoms with E-state index in [1.165, 1.54) is 50.1 Å². The highest BCUT2D eigenvalue weighted by atomic mass is 16.5. The molecule has 2 aromatic rings. The molecule has 2 heterocycles. The van der Waals surface area contributed by atoms with Crippen molar-refractivity contribution >= 4 is 0 Å². The molecule has 0 bridgehead atoms. The van der Waals surface area contributed by atoms with Gasteiger partial charge in [-0.05, 0) is 98.9 Å². The fourth-order valence-corrected chi connectivity index (χ4v) is 4.24. The Bertz CT molecular complexity index is 1070. The summed E-state index contributed by atoms with van der Waals surface area (Å²) in [5.74, 6) is 1.64. The summed E-state index contributed by atoms with van der Waals surface area (Å²) in [4.78, 5) is 4.87.